The molecule has 0 fully saturated rings. The molecule has 2 rings (SSSR count). The van der Waals surface area contributed by atoms with Gasteiger partial charge in [0.15, 0.2) is 0 Å². The molecule has 1 aromatic heterocycles. The molecule has 0 amide bonds. The van der Waals surface area contributed by atoms with Crippen LogP contribution in [0.15, 0.2) is 34.9 Å². The lowest BCUT2D eigenvalue weighted by Crippen LogP contribution is -2.28. The monoisotopic (exact) mass is 316 g/mol. The molecule has 0 saturated heterocycles. The molecule has 0 unspecified atom stereocenters. The average molecular weight is 316 g/mol. The van der Waals surface area contributed by atoms with Gasteiger partial charge in [0.1, 0.15) is 11.6 Å². The van der Waals surface area contributed by atoms with E-state index in [1.807, 2.05) is 0 Å². The second-order valence-corrected chi connectivity index (χ2v) is 5.99. The molecule has 2 aromatic rings. The zero-order chi connectivity index (χ0) is 15.5. The average Bonchev–Trinajstić information content (AvgIpc) is 2.79. The number of hydrogen-bond acceptors (Lipinski definition) is 5. The fourth-order valence-electron chi connectivity index (χ4n) is 1.83. The van der Waals surface area contributed by atoms with Crippen LogP contribution in [0, 0.1) is 12.7 Å². The Kier molecular flexibility index (Phi) is 4.56. The second kappa shape index (κ2) is 6.21. The molecule has 0 bridgehead atoms. The van der Waals surface area contributed by atoms with Crippen LogP contribution in [-0.4, -0.2) is 25.7 Å². The maximum absolute atomic E-state index is 13.3. The minimum absolute atomic E-state index is 0.118. The molecule has 8 heteroatoms. The van der Waals surface area contributed by atoms with Gasteiger partial charge >= 0.3 is 10.2 Å². The Balaban J connectivity index is 2.21. The van der Waals surface area contributed by atoms with Crippen molar-refractivity contribution in [1.82, 2.24) is 4.98 Å². The van der Waals surface area contributed by atoms with Gasteiger partial charge in [-0.1, -0.05) is 6.07 Å². The van der Waals surface area contributed by atoms with Crippen molar-refractivity contribution >= 4 is 15.9 Å². The number of aryl methyl sites for hydroxylation is 1. The summed E-state index contributed by atoms with van der Waals surface area (Å²) in [5, 5.41) is 0. The van der Waals surface area contributed by atoms with Gasteiger partial charge in [-0.15, -0.1) is 3.89 Å². The van der Waals surface area contributed by atoms with Crippen LogP contribution < -0.4 is 4.90 Å². The van der Waals surface area contributed by atoms with Crippen LogP contribution in [0.3, 0.4) is 0 Å². The Morgan fingerprint density at radius 2 is 2.14 bits per heavy atom. The van der Waals surface area contributed by atoms with Crippen LogP contribution in [0.4, 0.5) is 14.0 Å². The van der Waals surface area contributed by atoms with Crippen LogP contribution in [0.2, 0.25) is 0 Å². The van der Waals surface area contributed by atoms with E-state index in [1.54, 1.807) is 13.0 Å². The first-order valence-corrected chi connectivity index (χ1v) is 7.73. The van der Waals surface area contributed by atoms with Gasteiger partial charge in [-0.3, -0.25) is 0 Å². The van der Waals surface area contributed by atoms with Crippen molar-refractivity contribution in [3.63, 3.8) is 0 Å². The maximum atomic E-state index is 13.3. The Bertz CT molecular complexity index is 716. The molecule has 21 heavy (non-hydrogen) atoms. The number of anilines is 1. The number of aromatic nitrogens is 1. The van der Waals surface area contributed by atoms with Crippen molar-refractivity contribution in [3.8, 4) is 0 Å². The summed E-state index contributed by atoms with van der Waals surface area (Å²) in [5.74, 6) is -0.219. The molecule has 0 spiro atoms. The highest BCUT2D eigenvalue weighted by molar-refractivity contribution is 7.86. The summed E-state index contributed by atoms with van der Waals surface area (Å²) in [7, 11) is -4.61. The predicted octanol–water partition coefficient (Wildman–Crippen LogP) is 2.43. The van der Waals surface area contributed by atoms with Crippen LogP contribution in [0.5, 0.6) is 0 Å². The van der Waals surface area contributed by atoms with Crippen molar-refractivity contribution < 1.29 is 21.1 Å². The number of nitrogens with zero attached hydrogens (tertiary/aromatic N) is 2. The van der Waals surface area contributed by atoms with E-state index in [9.17, 15) is 16.7 Å². The molecule has 0 aliphatic carbocycles. The smallest absolute Gasteiger partial charge is 0.304 e. The lowest BCUT2D eigenvalue weighted by molar-refractivity contribution is 0.465. The van der Waals surface area contributed by atoms with E-state index >= 15 is 0 Å². The van der Waals surface area contributed by atoms with E-state index in [4.69, 9.17) is 4.42 Å². The van der Waals surface area contributed by atoms with Gasteiger partial charge in [-0.2, -0.15) is 8.42 Å². The van der Waals surface area contributed by atoms with Crippen LogP contribution in [0.1, 0.15) is 11.7 Å². The molecule has 1 heterocycles. The van der Waals surface area contributed by atoms with Gasteiger partial charge in [-0.25, -0.2) is 9.37 Å². The Morgan fingerprint density at radius 3 is 2.71 bits per heavy atom. The van der Waals surface area contributed by atoms with Gasteiger partial charge in [0.05, 0.1) is 18.5 Å². The van der Waals surface area contributed by atoms with Crippen molar-refractivity contribution in [2.45, 2.75) is 13.5 Å². The third-order valence-electron chi connectivity index (χ3n) is 2.77. The summed E-state index contributed by atoms with van der Waals surface area (Å²) in [6.07, 6.45) is 1.52. The molecule has 0 aliphatic rings. The minimum Gasteiger partial charge on any atom is -0.444 e. The first kappa shape index (κ1) is 15.4. The second-order valence-electron chi connectivity index (χ2n) is 4.51. The lowest BCUT2D eigenvalue weighted by Gasteiger charge is -2.22. The molecule has 0 radical (unpaired) electrons. The first-order valence-electron chi connectivity index (χ1n) is 6.18. The van der Waals surface area contributed by atoms with Crippen LogP contribution in [0.25, 0.3) is 0 Å². The predicted molar refractivity (Wildman–Crippen MR) is 73.6 cm³/mol. The highest BCUT2D eigenvalue weighted by atomic mass is 32.3. The molecule has 0 saturated carbocycles. The highest BCUT2D eigenvalue weighted by Crippen LogP contribution is 2.18. The summed E-state index contributed by atoms with van der Waals surface area (Å²) in [5.41, 5.74) is 0.425. The number of rotatable bonds is 6. The SMILES string of the molecule is Cc1cnc(CN(CCS(=O)(=O)F)c2cccc(F)c2)o1. The molecular weight excluding hydrogens is 302 g/mol. The number of oxazole rings is 1. The summed E-state index contributed by atoms with van der Waals surface area (Å²) in [6.45, 7) is 1.70. The zero-order valence-corrected chi connectivity index (χ0v) is 12.1. The van der Waals surface area contributed by atoms with Crippen LogP contribution >= 0.6 is 0 Å². The third-order valence-corrected chi connectivity index (χ3v) is 3.44. The van der Waals surface area contributed by atoms with E-state index in [-0.39, 0.29) is 13.1 Å². The molecule has 0 aliphatic heterocycles. The number of hydrogen-bond donors (Lipinski definition) is 0. The van der Waals surface area contributed by atoms with Crippen molar-refractivity contribution in [1.29, 1.82) is 0 Å². The third kappa shape index (κ3) is 4.82. The van der Waals surface area contributed by atoms with Crippen molar-refractivity contribution in [2.24, 2.45) is 0 Å². The molecule has 0 atom stereocenters. The molecule has 5 nitrogen and oxygen atoms in total. The standard InChI is InChI=1S/C13H14F2N2O3S/c1-10-8-16-13(20-10)9-17(5-6-21(15,18)19)12-4-2-3-11(14)7-12/h2-4,7-8H,5-6,9H2,1H3. The lowest BCUT2D eigenvalue weighted by atomic mass is 10.2. The van der Waals surface area contributed by atoms with Gasteiger partial charge in [0.25, 0.3) is 0 Å². The van der Waals surface area contributed by atoms with E-state index in [1.165, 1.54) is 29.3 Å². The van der Waals surface area contributed by atoms with Gasteiger partial charge in [0, 0.05) is 12.2 Å². The Hall–Kier alpha value is -1.96. The molecular formula is C13H14F2N2O3S. The fourth-order valence-corrected chi connectivity index (χ4v) is 2.27. The Morgan fingerprint density at radius 1 is 1.38 bits per heavy atom. The summed E-state index contributed by atoms with van der Waals surface area (Å²) in [4.78, 5) is 5.49. The molecule has 1 aromatic carbocycles. The minimum atomic E-state index is -4.61. The largest absolute Gasteiger partial charge is 0.444 e. The van der Waals surface area contributed by atoms with Crippen molar-refractivity contribution in [2.75, 3.05) is 17.2 Å². The summed E-state index contributed by atoms with van der Waals surface area (Å²) >= 11 is 0. The first-order chi connectivity index (χ1) is 9.83. The van der Waals surface area contributed by atoms with E-state index in [2.05, 4.69) is 4.98 Å². The summed E-state index contributed by atoms with van der Waals surface area (Å²) < 4.78 is 52.7. The Labute approximate surface area is 121 Å². The van der Waals surface area contributed by atoms with Gasteiger partial charge in [-0.05, 0) is 25.1 Å². The van der Waals surface area contributed by atoms with Gasteiger partial charge in [0.2, 0.25) is 5.89 Å². The number of halogens is 2. The normalized spacial score (nSPS) is 11.6. The number of benzene rings is 1. The topological polar surface area (TPSA) is 63.4 Å². The van der Waals surface area contributed by atoms with E-state index in [0.29, 0.717) is 17.3 Å². The van der Waals surface area contributed by atoms with E-state index in [0.717, 1.165) is 0 Å². The maximum Gasteiger partial charge on any atom is 0.304 e. The fraction of sp³-hybridized carbons (Fsp3) is 0.308. The highest BCUT2D eigenvalue weighted by Gasteiger charge is 2.16. The van der Waals surface area contributed by atoms with Crippen LogP contribution in [-0.2, 0) is 16.8 Å². The van der Waals surface area contributed by atoms with Gasteiger partial charge < -0.3 is 9.32 Å². The van der Waals surface area contributed by atoms with E-state index < -0.39 is 21.8 Å². The molecule has 114 valence electrons. The molecule has 0 N–H and O–H groups in total. The van der Waals surface area contributed by atoms with Crippen molar-refractivity contribution in [3.05, 3.63) is 47.9 Å². The summed E-state index contributed by atoms with van der Waals surface area (Å²) in [6, 6.07) is 5.59. The quantitative estimate of drug-likeness (QED) is 0.766. The zero-order valence-electron chi connectivity index (χ0n) is 11.3.